The van der Waals surface area contributed by atoms with Crippen LogP contribution in [0.3, 0.4) is 0 Å². The standard InChI is InChI=1S/C11H14BFO3/c1-7-4-5-8(10(14)9(7)13)12-15-6-11(2,3)16-12/h4-5,14H,6H2,1-3H3. The molecule has 0 radical (unpaired) electrons. The number of phenolic OH excluding ortho intramolecular Hbond substituents is 1. The topological polar surface area (TPSA) is 38.7 Å². The summed E-state index contributed by atoms with van der Waals surface area (Å²) >= 11 is 0. The molecule has 86 valence electrons. The number of rotatable bonds is 1. The van der Waals surface area contributed by atoms with E-state index in [1.54, 1.807) is 19.1 Å². The molecule has 1 aliphatic heterocycles. The first-order valence-electron chi connectivity index (χ1n) is 5.18. The summed E-state index contributed by atoms with van der Waals surface area (Å²) in [5, 5.41) is 9.67. The Morgan fingerprint density at radius 1 is 1.44 bits per heavy atom. The first-order chi connectivity index (χ1) is 7.41. The van der Waals surface area contributed by atoms with Crippen LogP contribution in [0.4, 0.5) is 4.39 Å². The zero-order valence-electron chi connectivity index (χ0n) is 9.58. The number of halogens is 1. The van der Waals surface area contributed by atoms with E-state index < -0.39 is 18.5 Å². The molecule has 16 heavy (non-hydrogen) atoms. The molecule has 3 nitrogen and oxygen atoms in total. The van der Waals surface area contributed by atoms with Crippen molar-refractivity contribution >= 4 is 12.6 Å². The summed E-state index contributed by atoms with van der Waals surface area (Å²) in [6.07, 6.45) is 0. The summed E-state index contributed by atoms with van der Waals surface area (Å²) in [6, 6.07) is 3.22. The number of hydrogen-bond acceptors (Lipinski definition) is 3. The molecule has 2 rings (SSSR count). The second kappa shape index (κ2) is 3.75. The van der Waals surface area contributed by atoms with Crippen LogP contribution in [0.15, 0.2) is 12.1 Å². The average molecular weight is 224 g/mol. The van der Waals surface area contributed by atoms with Crippen molar-refractivity contribution in [1.82, 2.24) is 0 Å². The molecule has 0 atom stereocenters. The van der Waals surface area contributed by atoms with Gasteiger partial charge in [-0.1, -0.05) is 12.1 Å². The fraction of sp³-hybridized carbons (Fsp3) is 0.455. The molecule has 0 aromatic heterocycles. The van der Waals surface area contributed by atoms with Crippen molar-refractivity contribution in [2.24, 2.45) is 0 Å². The van der Waals surface area contributed by atoms with E-state index in [1.807, 2.05) is 13.8 Å². The summed E-state index contributed by atoms with van der Waals surface area (Å²) in [6.45, 7) is 5.79. The number of aryl methyl sites for hydroxylation is 1. The molecule has 1 fully saturated rings. The van der Waals surface area contributed by atoms with Gasteiger partial charge in [0.1, 0.15) is 0 Å². The van der Waals surface area contributed by atoms with Crippen molar-refractivity contribution in [3.63, 3.8) is 0 Å². The minimum absolute atomic E-state index is 0.341. The molecule has 1 saturated heterocycles. The van der Waals surface area contributed by atoms with E-state index in [4.69, 9.17) is 9.31 Å². The Labute approximate surface area is 94.3 Å². The predicted octanol–water partition coefficient (Wildman–Crippen LogP) is 1.36. The van der Waals surface area contributed by atoms with Gasteiger partial charge in [-0.2, -0.15) is 0 Å². The van der Waals surface area contributed by atoms with Gasteiger partial charge < -0.3 is 14.4 Å². The fourth-order valence-corrected chi connectivity index (χ4v) is 1.66. The summed E-state index contributed by atoms with van der Waals surface area (Å²) in [5.41, 5.74) is 0.338. The summed E-state index contributed by atoms with van der Waals surface area (Å²) < 4.78 is 24.4. The molecular formula is C11H14BFO3. The van der Waals surface area contributed by atoms with Crippen molar-refractivity contribution < 1.29 is 18.8 Å². The molecule has 1 N–H and O–H groups in total. The zero-order chi connectivity index (χ0) is 11.9. The summed E-state index contributed by atoms with van der Waals surface area (Å²) in [4.78, 5) is 0. The Bertz CT molecular complexity index is 420. The van der Waals surface area contributed by atoms with Crippen LogP contribution in [0.1, 0.15) is 19.4 Å². The van der Waals surface area contributed by atoms with E-state index in [-0.39, 0.29) is 5.75 Å². The van der Waals surface area contributed by atoms with Gasteiger partial charge in [0.2, 0.25) is 0 Å². The normalized spacial score (nSPS) is 19.1. The molecule has 1 heterocycles. The van der Waals surface area contributed by atoms with E-state index in [1.165, 1.54) is 0 Å². The third kappa shape index (κ3) is 1.93. The van der Waals surface area contributed by atoms with Crippen molar-refractivity contribution in [3.05, 3.63) is 23.5 Å². The smallest absolute Gasteiger partial charge is 0.498 e. The molecule has 0 bridgehead atoms. The maximum absolute atomic E-state index is 13.5. The largest absolute Gasteiger partial charge is 0.505 e. The lowest BCUT2D eigenvalue weighted by Crippen LogP contribution is -2.35. The molecule has 1 aromatic carbocycles. The van der Waals surface area contributed by atoms with Crippen molar-refractivity contribution in [1.29, 1.82) is 0 Å². The van der Waals surface area contributed by atoms with Gasteiger partial charge in [0, 0.05) is 5.46 Å². The molecule has 5 heteroatoms. The monoisotopic (exact) mass is 224 g/mol. The van der Waals surface area contributed by atoms with Crippen LogP contribution >= 0.6 is 0 Å². The van der Waals surface area contributed by atoms with Crippen LogP contribution in [-0.4, -0.2) is 24.4 Å². The van der Waals surface area contributed by atoms with Crippen LogP contribution in [-0.2, 0) is 9.31 Å². The van der Waals surface area contributed by atoms with Crippen LogP contribution in [0, 0.1) is 12.7 Å². The van der Waals surface area contributed by atoms with Gasteiger partial charge in [0.15, 0.2) is 11.6 Å². The van der Waals surface area contributed by atoms with Crippen LogP contribution in [0.2, 0.25) is 0 Å². The molecule has 0 spiro atoms. The maximum atomic E-state index is 13.5. The van der Waals surface area contributed by atoms with E-state index in [0.717, 1.165) is 0 Å². The number of phenols is 1. The lowest BCUT2D eigenvalue weighted by Gasteiger charge is -2.16. The molecule has 0 aliphatic carbocycles. The van der Waals surface area contributed by atoms with Gasteiger partial charge in [-0.25, -0.2) is 4.39 Å². The lowest BCUT2D eigenvalue weighted by molar-refractivity contribution is 0.137. The van der Waals surface area contributed by atoms with E-state index in [0.29, 0.717) is 17.6 Å². The zero-order valence-corrected chi connectivity index (χ0v) is 9.58. The average Bonchev–Trinajstić information content (AvgIpc) is 2.55. The fourth-order valence-electron chi connectivity index (χ4n) is 1.66. The SMILES string of the molecule is Cc1ccc(B2OCC(C)(C)O2)c(O)c1F. The molecule has 1 aromatic rings. The Hall–Kier alpha value is -1.07. The maximum Gasteiger partial charge on any atom is 0.498 e. The minimum Gasteiger partial charge on any atom is -0.505 e. The Kier molecular flexibility index (Phi) is 2.68. The molecule has 0 amide bonds. The van der Waals surface area contributed by atoms with Crippen LogP contribution in [0.25, 0.3) is 0 Å². The second-order valence-electron chi connectivity index (χ2n) is 4.65. The molecule has 0 saturated carbocycles. The highest BCUT2D eigenvalue weighted by Crippen LogP contribution is 2.23. The van der Waals surface area contributed by atoms with E-state index >= 15 is 0 Å². The molecule has 0 unspecified atom stereocenters. The first kappa shape index (κ1) is 11.4. The van der Waals surface area contributed by atoms with E-state index in [2.05, 4.69) is 0 Å². The molecule has 1 aliphatic rings. The predicted molar refractivity (Wildman–Crippen MR) is 59.3 cm³/mol. The third-order valence-electron chi connectivity index (χ3n) is 2.60. The Morgan fingerprint density at radius 3 is 2.69 bits per heavy atom. The van der Waals surface area contributed by atoms with Gasteiger partial charge in [-0.05, 0) is 26.3 Å². The highest BCUT2D eigenvalue weighted by atomic mass is 19.1. The Morgan fingerprint density at radius 2 is 2.12 bits per heavy atom. The molecular weight excluding hydrogens is 210 g/mol. The third-order valence-corrected chi connectivity index (χ3v) is 2.60. The number of hydrogen-bond donors (Lipinski definition) is 1. The van der Waals surface area contributed by atoms with Gasteiger partial charge >= 0.3 is 7.12 Å². The van der Waals surface area contributed by atoms with Gasteiger partial charge in [0.05, 0.1) is 12.2 Å². The highest BCUT2D eigenvalue weighted by Gasteiger charge is 2.40. The van der Waals surface area contributed by atoms with Crippen LogP contribution in [0.5, 0.6) is 5.75 Å². The number of aromatic hydroxyl groups is 1. The number of benzene rings is 1. The highest BCUT2D eigenvalue weighted by molar-refractivity contribution is 6.62. The van der Waals surface area contributed by atoms with Crippen molar-refractivity contribution in [2.45, 2.75) is 26.4 Å². The van der Waals surface area contributed by atoms with Gasteiger partial charge in [0.25, 0.3) is 0 Å². The Balaban J connectivity index is 2.32. The van der Waals surface area contributed by atoms with Crippen molar-refractivity contribution in [2.75, 3.05) is 6.61 Å². The van der Waals surface area contributed by atoms with Crippen LogP contribution < -0.4 is 5.46 Å². The minimum atomic E-state index is -0.690. The van der Waals surface area contributed by atoms with E-state index in [9.17, 15) is 9.50 Å². The second-order valence-corrected chi connectivity index (χ2v) is 4.65. The van der Waals surface area contributed by atoms with Gasteiger partial charge in [-0.3, -0.25) is 0 Å². The van der Waals surface area contributed by atoms with Gasteiger partial charge in [-0.15, -0.1) is 0 Å². The quantitative estimate of drug-likeness (QED) is 0.732. The van der Waals surface area contributed by atoms with Crippen molar-refractivity contribution in [3.8, 4) is 5.75 Å². The first-order valence-corrected chi connectivity index (χ1v) is 5.18. The lowest BCUT2D eigenvalue weighted by atomic mass is 9.78. The summed E-state index contributed by atoms with van der Waals surface area (Å²) in [5.74, 6) is -1.00. The summed E-state index contributed by atoms with van der Waals surface area (Å²) in [7, 11) is -0.690.